The number of amides is 1. The number of hydrogen-bond donors (Lipinski definition) is 2. The minimum atomic E-state index is -0.408. The third-order valence-electron chi connectivity index (χ3n) is 4.39. The zero-order chi connectivity index (χ0) is 18.4. The largest absolute Gasteiger partial charge is 0.465 e. The number of esters is 1. The molecule has 3 rings (SSSR count). The predicted octanol–water partition coefficient (Wildman–Crippen LogP) is 3.07. The normalized spacial score (nSPS) is 14.5. The van der Waals surface area contributed by atoms with Gasteiger partial charge in [0.15, 0.2) is 11.5 Å². The lowest BCUT2D eigenvalue weighted by molar-refractivity contribution is 0.0600. The summed E-state index contributed by atoms with van der Waals surface area (Å²) in [6, 6.07) is 10.4. The lowest BCUT2D eigenvalue weighted by Gasteiger charge is -2.22. The molecule has 1 saturated carbocycles. The third kappa shape index (κ3) is 4.56. The summed E-state index contributed by atoms with van der Waals surface area (Å²) in [6.07, 6.45) is 5.60. The Morgan fingerprint density at radius 2 is 1.88 bits per heavy atom. The molecule has 0 bridgehead atoms. The topological polar surface area (TPSA) is 93.2 Å². The number of aromatic nitrogens is 2. The van der Waals surface area contributed by atoms with Crippen molar-refractivity contribution in [1.82, 2.24) is 15.5 Å². The highest BCUT2D eigenvalue weighted by Gasteiger charge is 2.17. The van der Waals surface area contributed by atoms with Crippen molar-refractivity contribution < 1.29 is 14.3 Å². The fourth-order valence-electron chi connectivity index (χ4n) is 3.02. The van der Waals surface area contributed by atoms with Crippen molar-refractivity contribution in [2.24, 2.45) is 0 Å². The lowest BCUT2D eigenvalue weighted by atomic mass is 9.95. The van der Waals surface area contributed by atoms with Crippen LogP contribution in [0.25, 0.3) is 0 Å². The van der Waals surface area contributed by atoms with Gasteiger partial charge in [0.2, 0.25) is 0 Å². The second kappa shape index (κ2) is 8.42. The summed E-state index contributed by atoms with van der Waals surface area (Å²) in [4.78, 5) is 23.8. The van der Waals surface area contributed by atoms with Crippen molar-refractivity contribution in [2.45, 2.75) is 38.1 Å². The molecular weight excluding hydrogens is 332 g/mol. The first-order valence-corrected chi connectivity index (χ1v) is 8.76. The lowest BCUT2D eigenvalue weighted by Crippen LogP contribution is -2.36. The highest BCUT2D eigenvalue weighted by molar-refractivity contribution is 5.92. The van der Waals surface area contributed by atoms with Gasteiger partial charge >= 0.3 is 5.97 Å². The molecule has 0 saturated heterocycles. The number of hydrogen-bond acceptors (Lipinski definition) is 6. The summed E-state index contributed by atoms with van der Waals surface area (Å²) in [5, 5.41) is 14.1. The monoisotopic (exact) mass is 354 g/mol. The van der Waals surface area contributed by atoms with Crippen LogP contribution >= 0.6 is 0 Å². The molecule has 1 aliphatic carbocycles. The van der Waals surface area contributed by atoms with Gasteiger partial charge in [0.05, 0.1) is 12.7 Å². The fourth-order valence-corrected chi connectivity index (χ4v) is 3.02. The molecule has 26 heavy (non-hydrogen) atoms. The van der Waals surface area contributed by atoms with E-state index in [1.54, 1.807) is 36.4 Å². The van der Waals surface area contributed by atoms with Crippen LogP contribution in [-0.2, 0) is 4.74 Å². The molecule has 1 heterocycles. The van der Waals surface area contributed by atoms with Crippen molar-refractivity contribution in [1.29, 1.82) is 0 Å². The summed E-state index contributed by atoms with van der Waals surface area (Å²) in [5.74, 6) is -0.112. The van der Waals surface area contributed by atoms with E-state index in [9.17, 15) is 9.59 Å². The van der Waals surface area contributed by atoms with Crippen LogP contribution in [0.5, 0.6) is 0 Å². The van der Waals surface area contributed by atoms with Gasteiger partial charge in [-0.05, 0) is 43.2 Å². The SMILES string of the molecule is COC(=O)c1cccc(Nc2ccc(C(=O)NC3CCCCC3)nn2)c1. The van der Waals surface area contributed by atoms with Gasteiger partial charge < -0.3 is 15.4 Å². The van der Waals surface area contributed by atoms with Gasteiger partial charge in [0.1, 0.15) is 0 Å². The van der Waals surface area contributed by atoms with Crippen molar-refractivity contribution >= 4 is 23.4 Å². The van der Waals surface area contributed by atoms with E-state index in [-0.39, 0.29) is 11.9 Å². The molecule has 2 N–H and O–H groups in total. The quantitative estimate of drug-likeness (QED) is 0.802. The van der Waals surface area contributed by atoms with Crippen LogP contribution in [0.3, 0.4) is 0 Å². The van der Waals surface area contributed by atoms with Crippen LogP contribution in [-0.4, -0.2) is 35.2 Å². The fraction of sp³-hybridized carbons (Fsp3) is 0.368. The number of methoxy groups -OCH3 is 1. The number of nitrogens with zero attached hydrogens (tertiary/aromatic N) is 2. The van der Waals surface area contributed by atoms with Gasteiger partial charge in [-0.25, -0.2) is 4.79 Å². The van der Waals surface area contributed by atoms with Crippen molar-refractivity contribution in [2.75, 3.05) is 12.4 Å². The first-order valence-electron chi connectivity index (χ1n) is 8.76. The minimum Gasteiger partial charge on any atom is -0.465 e. The van der Waals surface area contributed by atoms with E-state index in [0.29, 0.717) is 22.8 Å². The van der Waals surface area contributed by atoms with Crippen LogP contribution in [0, 0.1) is 0 Å². The zero-order valence-corrected chi connectivity index (χ0v) is 14.7. The smallest absolute Gasteiger partial charge is 0.337 e. The predicted molar refractivity (Wildman–Crippen MR) is 97.4 cm³/mol. The molecule has 1 aromatic carbocycles. The molecule has 0 spiro atoms. The van der Waals surface area contributed by atoms with Crippen LogP contribution in [0.1, 0.15) is 53.0 Å². The molecule has 1 aliphatic rings. The Labute approximate surface area is 152 Å². The Morgan fingerprint density at radius 1 is 1.08 bits per heavy atom. The van der Waals surface area contributed by atoms with Gasteiger partial charge in [0, 0.05) is 11.7 Å². The van der Waals surface area contributed by atoms with E-state index >= 15 is 0 Å². The maximum atomic E-state index is 12.2. The molecule has 2 aromatic rings. The van der Waals surface area contributed by atoms with Crippen molar-refractivity contribution in [3.8, 4) is 0 Å². The Kier molecular flexibility index (Phi) is 5.78. The number of ether oxygens (including phenoxy) is 1. The molecule has 0 radical (unpaired) electrons. The van der Waals surface area contributed by atoms with Crippen LogP contribution < -0.4 is 10.6 Å². The summed E-state index contributed by atoms with van der Waals surface area (Å²) in [6.45, 7) is 0. The van der Waals surface area contributed by atoms with Gasteiger partial charge in [-0.1, -0.05) is 25.3 Å². The molecule has 0 aliphatic heterocycles. The first kappa shape index (κ1) is 17.8. The highest BCUT2D eigenvalue weighted by Crippen LogP contribution is 2.18. The van der Waals surface area contributed by atoms with E-state index in [0.717, 1.165) is 25.7 Å². The third-order valence-corrected chi connectivity index (χ3v) is 4.39. The molecule has 7 nitrogen and oxygen atoms in total. The van der Waals surface area contributed by atoms with Gasteiger partial charge in [-0.2, -0.15) is 0 Å². The van der Waals surface area contributed by atoms with Gasteiger partial charge in [-0.3, -0.25) is 4.79 Å². The van der Waals surface area contributed by atoms with Crippen molar-refractivity contribution in [3.05, 3.63) is 47.7 Å². The van der Waals surface area contributed by atoms with E-state index in [4.69, 9.17) is 4.74 Å². The Morgan fingerprint density at radius 3 is 2.58 bits per heavy atom. The number of anilines is 2. The summed E-state index contributed by atoms with van der Waals surface area (Å²) in [7, 11) is 1.34. The van der Waals surface area contributed by atoms with Crippen molar-refractivity contribution in [3.63, 3.8) is 0 Å². The highest BCUT2D eigenvalue weighted by atomic mass is 16.5. The summed E-state index contributed by atoms with van der Waals surface area (Å²) in [5.41, 5.74) is 1.42. The minimum absolute atomic E-state index is 0.191. The first-order chi connectivity index (χ1) is 12.7. The van der Waals surface area contributed by atoms with E-state index in [1.165, 1.54) is 13.5 Å². The van der Waals surface area contributed by atoms with Gasteiger partial charge in [0.25, 0.3) is 5.91 Å². The number of rotatable bonds is 5. The molecule has 0 unspecified atom stereocenters. The molecule has 1 fully saturated rings. The number of carbonyl (C=O) groups is 2. The van der Waals surface area contributed by atoms with Crippen LogP contribution in [0.15, 0.2) is 36.4 Å². The Hall–Kier alpha value is -2.96. The Balaban J connectivity index is 1.62. The molecule has 136 valence electrons. The van der Waals surface area contributed by atoms with Crippen LogP contribution in [0.2, 0.25) is 0 Å². The van der Waals surface area contributed by atoms with Gasteiger partial charge in [-0.15, -0.1) is 10.2 Å². The standard InChI is InChI=1S/C19H22N4O3/c1-26-19(25)13-6-5-9-15(12-13)20-17-11-10-16(22-23-17)18(24)21-14-7-3-2-4-8-14/h5-6,9-12,14H,2-4,7-8H2,1H3,(H,20,23)(H,21,24). The molecule has 0 atom stereocenters. The Bertz CT molecular complexity index is 771. The maximum absolute atomic E-state index is 12.2. The number of carbonyl (C=O) groups excluding carboxylic acids is 2. The second-order valence-corrected chi connectivity index (χ2v) is 6.31. The van der Waals surface area contributed by atoms with E-state index < -0.39 is 5.97 Å². The summed E-state index contributed by atoms with van der Waals surface area (Å²) >= 11 is 0. The maximum Gasteiger partial charge on any atom is 0.337 e. The number of nitrogens with one attached hydrogen (secondary N) is 2. The average molecular weight is 354 g/mol. The summed E-state index contributed by atoms with van der Waals surface area (Å²) < 4.78 is 4.71. The van der Waals surface area contributed by atoms with E-state index in [1.807, 2.05) is 0 Å². The zero-order valence-electron chi connectivity index (χ0n) is 14.7. The molecule has 1 aromatic heterocycles. The second-order valence-electron chi connectivity index (χ2n) is 6.31. The molecule has 7 heteroatoms. The molecule has 1 amide bonds. The average Bonchev–Trinajstić information content (AvgIpc) is 2.69. The van der Waals surface area contributed by atoms with Crippen LogP contribution in [0.4, 0.5) is 11.5 Å². The number of benzene rings is 1. The van der Waals surface area contributed by atoms with E-state index in [2.05, 4.69) is 20.8 Å². The molecular formula is C19H22N4O3.